The maximum Gasteiger partial charge on any atom is 0.338 e. The second kappa shape index (κ2) is 5.44. The lowest BCUT2D eigenvalue weighted by Crippen LogP contribution is -2.49. The van der Waals surface area contributed by atoms with Gasteiger partial charge in [0.15, 0.2) is 0 Å². The molecular weight excluding hydrogens is 244 g/mol. The molecule has 2 rings (SSSR count). The molecule has 0 bridgehead atoms. The molecule has 0 aromatic heterocycles. The normalized spacial score (nSPS) is 15.4. The number of ether oxygens (including phenoxy) is 1. The molecule has 1 aromatic rings. The molecule has 5 nitrogen and oxygen atoms in total. The van der Waals surface area contributed by atoms with Crippen molar-refractivity contribution in [1.29, 1.82) is 0 Å². The molecule has 0 unspecified atom stereocenters. The number of hydrogen-bond donors (Lipinski definition) is 0. The summed E-state index contributed by atoms with van der Waals surface area (Å²) >= 11 is 0. The number of carbonyl (C=O) groups is 2. The quantitative estimate of drug-likeness (QED) is 0.771. The summed E-state index contributed by atoms with van der Waals surface area (Å²) in [7, 11) is 1.58. The Hall–Kier alpha value is -2.48. The predicted octanol–water partition coefficient (Wildman–Crippen LogP) is 1.44. The van der Waals surface area contributed by atoms with Gasteiger partial charge in [-0.25, -0.2) is 4.79 Å². The first kappa shape index (κ1) is 13.0. The lowest BCUT2D eigenvalue weighted by molar-refractivity contribution is -0.130. The van der Waals surface area contributed by atoms with Gasteiger partial charge in [-0.3, -0.25) is 14.6 Å². The average molecular weight is 258 g/mol. The number of benzene rings is 1. The van der Waals surface area contributed by atoms with Crippen molar-refractivity contribution in [1.82, 2.24) is 9.80 Å². The van der Waals surface area contributed by atoms with E-state index in [2.05, 4.69) is 6.04 Å². The van der Waals surface area contributed by atoms with E-state index in [-0.39, 0.29) is 25.4 Å². The molecule has 98 valence electrons. The van der Waals surface area contributed by atoms with Crippen LogP contribution in [0, 0.1) is 12.5 Å². The molecule has 1 saturated heterocycles. The minimum atomic E-state index is -0.436. The first-order valence-corrected chi connectivity index (χ1v) is 5.86. The maximum atomic E-state index is 12.0. The summed E-state index contributed by atoms with van der Waals surface area (Å²) in [6, 6.07) is 9.04. The van der Waals surface area contributed by atoms with Crippen LogP contribution in [0.1, 0.15) is 12.0 Å². The number of terminal acetylenes is 1. The van der Waals surface area contributed by atoms with E-state index in [1.807, 2.05) is 12.1 Å². The Morgan fingerprint density at radius 1 is 1.32 bits per heavy atom. The van der Waals surface area contributed by atoms with E-state index in [4.69, 9.17) is 11.2 Å². The first-order chi connectivity index (χ1) is 9.15. The molecule has 1 aromatic carbocycles. The van der Waals surface area contributed by atoms with Gasteiger partial charge in [-0.2, -0.15) is 0 Å². The van der Waals surface area contributed by atoms with Crippen LogP contribution in [0.15, 0.2) is 24.3 Å². The molecule has 1 aliphatic heterocycles. The van der Waals surface area contributed by atoms with Crippen LogP contribution in [0.5, 0.6) is 5.75 Å². The minimum absolute atomic E-state index is 0.202. The summed E-state index contributed by atoms with van der Waals surface area (Å²) < 4.78 is 5.05. The van der Waals surface area contributed by atoms with Crippen molar-refractivity contribution in [3.05, 3.63) is 29.8 Å². The van der Waals surface area contributed by atoms with Crippen LogP contribution in [0.4, 0.5) is 4.79 Å². The molecule has 0 spiro atoms. The highest BCUT2D eigenvalue weighted by atomic mass is 16.5. The van der Waals surface area contributed by atoms with Crippen LogP contribution in [0.2, 0.25) is 0 Å². The Labute approximate surface area is 111 Å². The van der Waals surface area contributed by atoms with Crippen molar-refractivity contribution < 1.29 is 14.3 Å². The molecule has 0 aliphatic carbocycles. The summed E-state index contributed by atoms with van der Waals surface area (Å²) in [6.45, 7) is 0.507. The number of imide groups is 1. The van der Waals surface area contributed by atoms with E-state index in [0.29, 0.717) is 0 Å². The Morgan fingerprint density at radius 3 is 2.58 bits per heavy atom. The second-order valence-electron chi connectivity index (χ2n) is 4.14. The third-order valence-electron chi connectivity index (χ3n) is 2.97. The van der Waals surface area contributed by atoms with E-state index in [9.17, 15) is 9.59 Å². The van der Waals surface area contributed by atoms with Crippen LogP contribution in [-0.4, -0.2) is 35.4 Å². The molecule has 5 heteroatoms. The largest absolute Gasteiger partial charge is 0.497 e. The maximum absolute atomic E-state index is 12.0. The van der Waals surface area contributed by atoms with Crippen molar-refractivity contribution in [2.75, 3.05) is 13.7 Å². The van der Waals surface area contributed by atoms with Crippen LogP contribution < -0.4 is 4.74 Å². The van der Waals surface area contributed by atoms with E-state index in [0.717, 1.165) is 11.3 Å². The zero-order valence-electron chi connectivity index (χ0n) is 10.6. The molecule has 0 saturated carbocycles. The van der Waals surface area contributed by atoms with Crippen molar-refractivity contribution in [3.63, 3.8) is 0 Å². The number of nitrogens with zero attached hydrogens (tertiary/aromatic N) is 2. The number of carbonyl (C=O) groups excluding carboxylic acids is 2. The fourth-order valence-corrected chi connectivity index (χ4v) is 1.88. The first-order valence-electron chi connectivity index (χ1n) is 5.86. The van der Waals surface area contributed by atoms with Gasteiger partial charge in [0.05, 0.1) is 13.7 Å². The van der Waals surface area contributed by atoms with Gasteiger partial charge in [-0.05, 0) is 17.7 Å². The molecule has 1 aliphatic rings. The molecule has 19 heavy (non-hydrogen) atoms. The molecule has 1 fully saturated rings. The minimum Gasteiger partial charge on any atom is -0.497 e. The SMILES string of the molecule is C#CN1CCC(=O)N(Cc2ccc(OC)cc2)C1=O. The zero-order chi connectivity index (χ0) is 13.8. The van der Waals surface area contributed by atoms with Crippen molar-refractivity contribution in [2.24, 2.45) is 0 Å². The highest BCUT2D eigenvalue weighted by Crippen LogP contribution is 2.16. The van der Waals surface area contributed by atoms with Gasteiger partial charge in [0.1, 0.15) is 5.75 Å². The van der Waals surface area contributed by atoms with E-state index >= 15 is 0 Å². The number of methoxy groups -OCH3 is 1. The fraction of sp³-hybridized carbons (Fsp3) is 0.286. The van der Waals surface area contributed by atoms with E-state index in [1.54, 1.807) is 19.2 Å². The van der Waals surface area contributed by atoms with Gasteiger partial charge in [-0.1, -0.05) is 18.6 Å². The van der Waals surface area contributed by atoms with Gasteiger partial charge in [0, 0.05) is 19.0 Å². The van der Waals surface area contributed by atoms with E-state index < -0.39 is 6.03 Å². The molecule has 0 atom stereocenters. The standard InChI is InChI=1S/C14H14N2O3/c1-3-15-9-8-13(17)16(14(15)18)10-11-4-6-12(19-2)7-5-11/h1,4-7H,8-10H2,2H3. The number of rotatable bonds is 3. The number of urea groups is 1. The highest BCUT2D eigenvalue weighted by Gasteiger charge is 2.31. The van der Waals surface area contributed by atoms with Crippen molar-refractivity contribution >= 4 is 11.9 Å². The Morgan fingerprint density at radius 2 is 2.00 bits per heavy atom. The van der Waals surface area contributed by atoms with Crippen LogP contribution in [0.25, 0.3) is 0 Å². The molecule has 0 radical (unpaired) electrons. The van der Waals surface area contributed by atoms with Gasteiger partial charge in [0.2, 0.25) is 5.91 Å². The highest BCUT2D eigenvalue weighted by molar-refractivity contribution is 5.97. The fourth-order valence-electron chi connectivity index (χ4n) is 1.88. The number of hydrogen-bond acceptors (Lipinski definition) is 3. The van der Waals surface area contributed by atoms with E-state index in [1.165, 1.54) is 9.80 Å². The molecular formula is C14H14N2O3. The third-order valence-corrected chi connectivity index (χ3v) is 2.97. The summed E-state index contributed by atoms with van der Waals surface area (Å²) in [5, 5.41) is 0. The van der Waals surface area contributed by atoms with Crippen molar-refractivity contribution in [2.45, 2.75) is 13.0 Å². The van der Waals surface area contributed by atoms with Crippen LogP contribution in [0.3, 0.4) is 0 Å². The topological polar surface area (TPSA) is 49.9 Å². The summed E-state index contributed by atoms with van der Waals surface area (Å²) in [4.78, 5) is 26.1. The molecule has 0 N–H and O–H groups in total. The lowest BCUT2D eigenvalue weighted by Gasteiger charge is -2.30. The molecule has 3 amide bonds. The number of amides is 3. The Kier molecular flexibility index (Phi) is 3.71. The summed E-state index contributed by atoms with van der Waals surface area (Å²) in [5.74, 6) is 0.526. The predicted molar refractivity (Wildman–Crippen MR) is 69.1 cm³/mol. The van der Waals surface area contributed by atoms with Crippen LogP contribution >= 0.6 is 0 Å². The monoisotopic (exact) mass is 258 g/mol. The van der Waals surface area contributed by atoms with Crippen LogP contribution in [-0.2, 0) is 11.3 Å². The van der Waals surface area contributed by atoms with Gasteiger partial charge < -0.3 is 4.74 Å². The van der Waals surface area contributed by atoms with Gasteiger partial charge in [-0.15, -0.1) is 0 Å². The third kappa shape index (κ3) is 2.68. The lowest BCUT2D eigenvalue weighted by atomic mass is 10.2. The second-order valence-corrected chi connectivity index (χ2v) is 4.14. The smallest absolute Gasteiger partial charge is 0.338 e. The van der Waals surface area contributed by atoms with Gasteiger partial charge in [0.25, 0.3) is 0 Å². The zero-order valence-corrected chi connectivity index (χ0v) is 10.6. The Bertz CT molecular complexity index is 531. The Balaban J connectivity index is 2.13. The summed E-state index contributed by atoms with van der Waals surface area (Å²) in [6.07, 6.45) is 5.49. The molecule has 1 heterocycles. The van der Waals surface area contributed by atoms with Gasteiger partial charge >= 0.3 is 6.03 Å². The summed E-state index contributed by atoms with van der Waals surface area (Å²) in [5.41, 5.74) is 0.848. The average Bonchev–Trinajstić information content (AvgIpc) is 2.44. The van der Waals surface area contributed by atoms with Crippen molar-refractivity contribution in [3.8, 4) is 18.2 Å².